The van der Waals surface area contributed by atoms with E-state index >= 15 is 0 Å². The van der Waals surface area contributed by atoms with Gasteiger partial charge in [-0.05, 0) is 23.5 Å². The van der Waals surface area contributed by atoms with Gasteiger partial charge in [-0.3, -0.25) is 4.79 Å². The van der Waals surface area contributed by atoms with E-state index in [1.165, 1.54) is 0 Å². The first-order valence-corrected chi connectivity index (χ1v) is 6.99. The van der Waals surface area contributed by atoms with E-state index in [0.29, 0.717) is 6.61 Å². The Labute approximate surface area is 120 Å². The second-order valence-corrected chi connectivity index (χ2v) is 5.89. The average Bonchev–Trinajstić information content (AvgIpc) is 3.02. The summed E-state index contributed by atoms with van der Waals surface area (Å²) in [6.45, 7) is 6.30. The fourth-order valence-electron chi connectivity index (χ4n) is 2.96. The number of aliphatic hydroxyl groups excluding tert-OH is 1. The van der Waals surface area contributed by atoms with E-state index in [0.717, 1.165) is 11.1 Å². The van der Waals surface area contributed by atoms with Crippen LogP contribution in [0.25, 0.3) is 0 Å². The van der Waals surface area contributed by atoms with E-state index in [1.807, 2.05) is 57.2 Å². The van der Waals surface area contributed by atoms with E-state index in [2.05, 4.69) is 0 Å². The minimum Gasteiger partial charge on any atom is -0.461 e. The van der Waals surface area contributed by atoms with Crippen LogP contribution in [0.4, 0.5) is 0 Å². The molecule has 20 heavy (non-hydrogen) atoms. The number of aliphatic hydroxyl groups is 1. The molecule has 0 bridgehead atoms. The van der Waals surface area contributed by atoms with Crippen LogP contribution in [0.15, 0.2) is 42.0 Å². The number of hydrogen-bond acceptors (Lipinski definition) is 3. The van der Waals surface area contributed by atoms with Crippen LogP contribution in [-0.4, -0.2) is 17.7 Å². The van der Waals surface area contributed by atoms with Gasteiger partial charge in [0.1, 0.15) is 6.61 Å². The number of benzene rings is 1. The van der Waals surface area contributed by atoms with Crippen LogP contribution >= 0.6 is 0 Å². The molecule has 0 saturated heterocycles. The lowest BCUT2D eigenvalue weighted by Crippen LogP contribution is -2.11. The highest BCUT2D eigenvalue weighted by Crippen LogP contribution is 2.62. The van der Waals surface area contributed by atoms with Gasteiger partial charge in [-0.15, -0.1) is 0 Å². The molecule has 3 heteroatoms. The monoisotopic (exact) mass is 274 g/mol. The van der Waals surface area contributed by atoms with Gasteiger partial charge in [0, 0.05) is 5.92 Å². The first-order chi connectivity index (χ1) is 9.52. The molecule has 2 rings (SSSR count). The summed E-state index contributed by atoms with van der Waals surface area (Å²) in [5.41, 5.74) is 1.79. The van der Waals surface area contributed by atoms with Crippen molar-refractivity contribution in [2.24, 2.45) is 17.3 Å². The summed E-state index contributed by atoms with van der Waals surface area (Å²) in [5.74, 6) is -0.220. The Morgan fingerprint density at radius 2 is 1.95 bits per heavy atom. The van der Waals surface area contributed by atoms with Crippen molar-refractivity contribution >= 4 is 5.97 Å². The zero-order chi connectivity index (χ0) is 14.8. The predicted molar refractivity (Wildman–Crippen MR) is 77.8 cm³/mol. The minimum atomic E-state index is -0.170. The van der Waals surface area contributed by atoms with Gasteiger partial charge in [-0.1, -0.05) is 50.3 Å². The van der Waals surface area contributed by atoms with Crippen molar-refractivity contribution in [2.45, 2.75) is 27.4 Å². The van der Waals surface area contributed by atoms with Gasteiger partial charge in [0.25, 0.3) is 0 Å². The molecule has 1 N–H and O–H groups in total. The molecule has 0 radical (unpaired) electrons. The number of ether oxygens (including phenoxy) is 1. The van der Waals surface area contributed by atoms with Crippen LogP contribution in [-0.2, 0) is 16.1 Å². The fourth-order valence-corrected chi connectivity index (χ4v) is 2.96. The largest absolute Gasteiger partial charge is 0.461 e. The third-order valence-electron chi connectivity index (χ3n) is 4.26. The molecule has 108 valence electrons. The van der Waals surface area contributed by atoms with Crippen molar-refractivity contribution in [3.8, 4) is 0 Å². The Hall–Kier alpha value is -1.61. The number of hydrogen-bond donors (Lipinski definition) is 1. The normalized spacial score (nSPS) is 24.3. The maximum absolute atomic E-state index is 12.2. The van der Waals surface area contributed by atoms with E-state index in [-0.39, 0.29) is 29.8 Å². The summed E-state index contributed by atoms with van der Waals surface area (Å²) >= 11 is 0. The third kappa shape index (κ3) is 2.78. The number of carbonyl (C=O) groups excluding carboxylic acids is 1. The van der Waals surface area contributed by atoms with Gasteiger partial charge in [0.2, 0.25) is 0 Å². The smallest absolute Gasteiger partial charge is 0.310 e. The number of carbonyl (C=O) groups is 1. The van der Waals surface area contributed by atoms with Crippen molar-refractivity contribution in [2.75, 3.05) is 6.61 Å². The van der Waals surface area contributed by atoms with Crippen molar-refractivity contribution in [3.05, 3.63) is 47.5 Å². The molecule has 3 nitrogen and oxygen atoms in total. The van der Waals surface area contributed by atoms with Crippen LogP contribution in [0.5, 0.6) is 0 Å². The second kappa shape index (κ2) is 5.80. The quantitative estimate of drug-likeness (QED) is 0.663. The molecule has 0 spiro atoms. The average molecular weight is 274 g/mol. The molecule has 0 heterocycles. The Kier molecular flexibility index (Phi) is 4.29. The van der Waals surface area contributed by atoms with Crippen molar-refractivity contribution in [1.29, 1.82) is 0 Å². The van der Waals surface area contributed by atoms with E-state index in [9.17, 15) is 9.90 Å². The summed E-state index contributed by atoms with van der Waals surface area (Å²) in [7, 11) is 0. The highest BCUT2D eigenvalue weighted by molar-refractivity contribution is 5.78. The van der Waals surface area contributed by atoms with Crippen molar-refractivity contribution in [1.82, 2.24) is 0 Å². The highest BCUT2D eigenvalue weighted by atomic mass is 16.5. The standard InChI is InChI=1S/C17H22O3/c1-4-13(10-18)14-15(17(14,2)3)16(19)20-11-12-8-6-5-7-9-12/h4-9,14-15,18H,10-11H2,1-3H3/b13-4-. The van der Waals surface area contributed by atoms with Gasteiger partial charge in [0.05, 0.1) is 12.5 Å². The SMILES string of the molecule is C/C=C(/CO)C1C(C(=O)OCc2ccccc2)C1(C)C. The van der Waals surface area contributed by atoms with Gasteiger partial charge in [0.15, 0.2) is 0 Å². The van der Waals surface area contributed by atoms with Crippen LogP contribution in [0.3, 0.4) is 0 Å². The maximum atomic E-state index is 12.2. The molecule has 0 aliphatic heterocycles. The lowest BCUT2D eigenvalue weighted by molar-refractivity contribution is -0.147. The second-order valence-electron chi connectivity index (χ2n) is 5.89. The van der Waals surface area contributed by atoms with Crippen molar-refractivity contribution in [3.63, 3.8) is 0 Å². The summed E-state index contributed by atoms with van der Waals surface area (Å²) in [5, 5.41) is 9.36. The number of allylic oxidation sites excluding steroid dienone is 1. The van der Waals surface area contributed by atoms with Crippen LogP contribution in [0, 0.1) is 17.3 Å². The fraction of sp³-hybridized carbons (Fsp3) is 0.471. The first kappa shape index (κ1) is 14.8. The summed E-state index contributed by atoms with van der Waals surface area (Å²) in [6, 6.07) is 9.67. The molecule has 1 aromatic rings. The molecule has 1 aliphatic rings. The van der Waals surface area contributed by atoms with Crippen LogP contribution < -0.4 is 0 Å². The number of esters is 1. The van der Waals surface area contributed by atoms with Crippen molar-refractivity contribution < 1.29 is 14.6 Å². The molecular weight excluding hydrogens is 252 g/mol. The highest BCUT2D eigenvalue weighted by Gasteiger charge is 2.63. The molecule has 2 atom stereocenters. The molecule has 1 aliphatic carbocycles. The van der Waals surface area contributed by atoms with E-state index < -0.39 is 0 Å². The molecule has 0 amide bonds. The summed E-state index contributed by atoms with van der Waals surface area (Å²) < 4.78 is 5.41. The molecule has 1 saturated carbocycles. The Bertz CT molecular complexity index is 502. The number of rotatable bonds is 5. The summed E-state index contributed by atoms with van der Waals surface area (Å²) in [6.07, 6.45) is 1.90. The van der Waals surface area contributed by atoms with E-state index in [1.54, 1.807) is 0 Å². The molecule has 1 fully saturated rings. The van der Waals surface area contributed by atoms with Crippen LogP contribution in [0.2, 0.25) is 0 Å². The van der Waals surface area contributed by atoms with Gasteiger partial charge < -0.3 is 9.84 Å². The Morgan fingerprint density at radius 3 is 2.50 bits per heavy atom. The third-order valence-corrected chi connectivity index (χ3v) is 4.26. The van der Waals surface area contributed by atoms with Gasteiger partial charge >= 0.3 is 5.97 Å². The zero-order valence-corrected chi connectivity index (χ0v) is 12.3. The zero-order valence-electron chi connectivity index (χ0n) is 12.3. The van der Waals surface area contributed by atoms with Gasteiger partial charge in [-0.25, -0.2) is 0 Å². The Morgan fingerprint density at radius 1 is 1.30 bits per heavy atom. The predicted octanol–water partition coefficient (Wildman–Crippen LogP) is 2.94. The molecular formula is C17H22O3. The molecule has 2 unspecified atom stereocenters. The first-order valence-electron chi connectivity index (χ1n) is 6.99. The lowest BCUT2D eigenvalue weighted by atomic mass is 10.0. The molecule has 0 aromatic heterocycles. The lowest BCUT2D eigenvalue weighted by Gasteiger charge is -2.05. The molecule has 1 aromatic carbocycles. The topological polar surface area (TPSA) is 46.5 Å². The van der Waals surface area contributed by atoms with E-state index in [4.69, 9.17) is 4.74 Å². The Balaban J connectivity index is 1.97. The maximum Gasteiger partial charge on any atom is 0.310 e. The van der Waals surface area contributed by atoms with Crippen LogP contribution in [0.1, 0.15) is 26.3 Å². The van der Waals surface area contributed by atoms with Gasteiger partial charge in [-0.2, -0.15) is 0 Å². The minimum absolute atomic E-state index is 0.00701. The summed E-state index contributed by atoms with van der Waals surface area (Å²) in [4.78, 5) is 12.2.